The zero-order valence-corrected chi connectivity index (χ0v) is 57.9. The van der Waals surface area contributed by atoms with Crippen molar-refractivity contribution in [2.45, 2.75) is 105 Å². The lowest BCUT2D eigenvalue weighted by Gasteiger charge is -2.46. The standard InChI is InChI=1S/C91H81BN6/c1-88(2,3)64-43-48-77-72(51-64)73-52-65(89(4,5)6)44-49-78(73)96(77)68-45-47-75-80(57-68)98(84-70(59-32-20-14-21-33-59)53-66(90(7,8)9)54-71(84)60-34-22-15-23-35-60)82-56-67(91(10,11)12)55-81-83(82)92(75)74-46-42-63(58-30-18-13-19-31-58)50-79(74)97(81)76-41-29-28-40-69(76)87-94-85(61-36-24-16-25-37-61)93-86(95-87)62-38-26-17-27-39-62/h13-57H,1-12H3/i13D,18D,19D,30D,31D. The monoisotopic (exact) mass is 1270 g/mol. The SMILES string of the molecule is [2H]c1c([2H])c([2H])c(-c2ccc3c(c2)N(c2ccccc2-c2nc(-c4ccccc4)nc(-c4ccccc4)n2)c2cc(C(C)(C)C)cc4c2B3c2ccc(-n3c5ccc(C(C)(C)C)cc5c5cc(C(C)(C)C)ccc53)cc2N4c2c(-c3ccccc3)cc(C(C)(C)C)cc2-c2ccccc2)c([2H])c1[2H]. The summed E-state index contributed by atoms with van der Waals surface area (Å²) in [5, 5.41) is 2.40. The lowest BCUT2D eigenvalue weighted by Crippen LogP contribution is -2.61. The number of fused-ring (bicyclic) bond motifs is 7. The minimum atomic E-state index is -0.447. The minimum Gasteiger partial charge on any atom is -0.311 e. The molecule has 0 fully saturated rings. The largest absolute Gasteiger partial charge is 0.311 e. The molecule has 2 aromatic heterocycles. The van der Waals surface area contributed by atoms with Gasteiger partial charge in [-0.05, 0) is 161 Å². The highest BCUT2D eigenvalue weighted by molar-refractivity contribution is 7.00. The first-order valence-electron chi connectivity index (χ1n) is 36.7. The predicted molar refractivity (Wildman–Crippen MR) is 416 cm³/mol. The van der Waals surface area contributed by atoms with Crippen molar-refractivity contribution in [3.8, 4) is 73.2 Å². The van der Waals surface area contributed by atoms with Crippen LogP contribution in [0.15, 0.2) is 273 Å². The predicted octanol–water partition coefficient (Wildman–Crippen LogP) is 22.2. The summed E-state index contributed by atoms with van der Waals surface area (Å²) < 4.78 is 48.4. The zero-order chi connectivity index (χ0) is 71.9. The van der Waals surface area contributed by atoms with Gasteiger partial charge in [0.1, 0.15) is 0 Å². The molecule has 12 aromatic carbocycles. The third kappa shape index (κ3) is 10.8. The molecule has 0 radical (unpaired) electrons. The Bertz CT molecular complexity index is 5530. The number of anilines is 6. The molecule has 14 aromatic rings. The molecule has 478 valence electrons. The molecule has 0 aliphatic carbocycles. The van der Waals surface area contributed by atoms with Gasteiger partial charge < -0.3 is 14.4 Å². The van der Waals surface area contributed by atoms with Crippen LogP contribution in [0.2, 0.25) is 0 Å². The Kier molecular flexibility index (Phi) is 13.5. The van der Waals surface area contributed by atoms with Crippen LogP contribution in [-0.4, -0.2) is 26.2 Å². The Hall–Kier alpha value is -10.9. The quantitative estimate of drug-likeness (QED) is 0.135. The van der Waals surface area contributed by atoms with Crippen LogP contribution < -0.4 is 26.2 Å². The van der Waals surface area contributed by atoms with Crippen LogP contribution in [0.3, 0.4) is 0 Å². The summed E-state index contributed by atoms with van der Waals surface area (Å²) in [6.07, 6.45) is 0. The number of hydrogen-bond acceptors (Lipinski definition) is 5. The normalized spacial score (nSPS) is 13.8. The van der Waals surface area contributed by atoms with Crippen molar-refractivity contribution in [3.05, 3.63) is 295 Å². The Balaban J connectivity index is 1.07. The van der Waals surface area contributed by atoms with Gasteiger partial charge in [0.05, 0.1) is 29.3 Å². The molecule has 98 heavy (non-hydrogen) atoms. The van der Waals surface area contributed by atoms with E-state index >= 15 is 0 Å². The van der Waals surface area contributed by atoms with Crippen molar-refractivity contribution in [1.29, 1.82) is 0 Å². The molecule has 0 saturated carbocycles. The van der Waals surface area contributed by atoms with Gasteiger partial charge in [-0.15, -0.1) is 0 Å². The van der Waals surface area contributed by atoms with E-state index < -0.39 is 30.3 Å². The Morgan fingerprint density at radius 1 is 0.316 bits per heavy atom. The summed E-state index contributed by atoms with van der Waals surface area (Å²) in [5.41, 5.74) is 23.0. The van der Waals surface area contributed by atoms with Gasteiger partial charge in [0, 0.05) is 67.0 Å². The molecular formula is C91H81BN6. The Morgan fingerprint density at radius 3 is 1.27 bits per heavy atom. The summed E-state index contributed by atoms with van der Waals surface area (Å²) in [6, 6.07) is 85.4. The summed E-state index contributed by atoms with van der Waals surface area (Å²) in [6.45, 7) is 27.1. The van der Waals surface area contributed by atoms with Gasteiger partial charge >= 0.3 is 0 Å². The molecule has 0 bridgehead atoms. The molecule has 0 atom stereocenters. The van der Waals surface area contributed by atoms with Crippen LogP contribution in [0.4, 0.5) is 34.1 Å². The highest BCUT2D eigenvalue weighted by atomic mass is 15.2. The summed E-state index contributed by atoms with van der Waals surface area (Å²) >= 11 is 0. The average molecular weight is 1270 g/mol. The van der Waals surface area contributed by atoms with Gasteiger partial charge in [-0.25, -0.2) is 15.0 Å². The van der Waals surface area contributed by atoms with Gasteiger partial charge in [0.25, 0.3) is 6.71 Å². The highest BCUT2D eigenvalue weighted by Gasteiger charge is 2.46. The first kappa shape index (κ1) is 56.3. The maximum absolute atomic E-state index is 9.53. The first-order valence-corrected chi connectivity index (χ1v) is 34.2. The topological polar surface area (TPSA) is 50.1 Å². The lowest BCUT2D eigenvalue weighted by molar-refractivity contribution is 0.590. The molecule has 0 saturated heterocycles. The van der Waals surface area contributed by atoms with Crippen molar-refractivity contribution < 1.29 is 6.85 Å². The minimum absolute atomic E-state index is 0.0990. The second kappa shape index (κ2) is 23.4. The molecule has 6 nitrogen and oxygen atoms in total. The Morgan fingerprint density at radius 2 is 0.755 bits per heavy atom. The third-order valence-electron chi connectivity index (χ3n) is 19.9. The number of benzene rings is 12. The second-order valence-corrected chi connectivity index (χ2v) is 30.6. The molecule has 0 amide bonds. The fourth-order valence-electron chi connectivity index (χ4n) is 14.6. The van der Waals surface area contributed by atoms with E-state index in [4.69, 9.17) is 19.1 Å². The van der Waals surface area contributed by atoms with Crippen LogP contribution in [0.1, 0.15) is 112 Å². The molecule has 0 spiro atoms. The summed E-state index contributed by atoms with van der Waals surface area (Å²) in [4.78, 5) is 20.9. The molecule has 2 aliphatic rings. The van der Waals surface area contributed by atoms with Gasteiger partial charge in [-0.1, -0.05) is 277 Å². The third-order valence-corrected chi connectivity index (χ3v) is 19.9. The van der Waals surface area contributed by atoms with Crippen molar-refractivity contribution in [2.24, 2.45) is 0 Å². The number of hydrogen-bond donors (Lipinski definition) is 0. The van der Waals surface area contributed by atoms with Gasteiger partial charge in [0.15, 0.2) is 17.5 Å². The van der Waals surface area contributed by atoms with E-state index in [1.54, 1.807) is 0 Å². The van der Waals surface area contributed by atoms with E-state index in [1.807, 2.05) is 78.9 Å². The van der Waals surface area contributed by atoms with Crippen molar-refractivity contribution >= 4 is 79.0 Å². The zero-order valence-electron chi connectivity index (χ0n) is 62.9. The van der Waals surface area contributed by atoms with Crippen molar-refractivity contribution in [3.63, 3.8) is 0 Å². The van der Waals surface area contributed by atoms with Crippen LogP contribution in [0, 0.1) is 0 Å². The van der Waals surface area contributed by atoms with E-state index in [-0.39, 0.29) is 33.9 Å². The second-order valence-electron chi connectivity index (χ2n) is 30.6. The summed E-state index contributed by atoms with van der Waals surface area (Å²) in [5.74, 6) is 1.50. The molecule has 4 heterocycles. The highest BCUT2D eigenvalue weighted by Crippen LogP contribution is 2.54. The number of nitrogens with zero attached hydrogens (tertiary/aromatic N) is 6. The first-order chi connectivity index (χ1) is 49.2. The van der Waals surface area contributed by atoms with Crippen LogP contribution >= 0.6 is 0 Å². The van der Waals surface area contributed by atoms with E-state index in [0.717, 1.165) is 112 Å². The summed E-state index contributed by atoms with van der Waals surface area (Å²) in [7, 11) is 0. The van der Waals surface area contributed by atoms with E-state index in [0.29, 0.717) is 23.0 Å². The van der Waals surface area contributed by atoms with Gasteiger partial charge in [-0.2, -0.15) is 0 Å². The van der Waals surface area contributed by atoms with Crippen molar-refractivity contribution in [2.75, 3.05) is 9.80 Å². The molecule has 7 heteroatoms. The average Bonchev–Trinajstić information content (AvgIpc) is 0.860. The molecule has 16 rings (SSSR count). The van der Waals surface area contributed by atoms with Crippen molar-refractivity contribution in [1.82, 2.24) is 19.5 Å². The molecule has 0 N–H and O–H groups in total. The van der Waals surface area contributed by atoms with Gasteiger partial charge in [-0.3, -0.25) is 0 Å². The number of aromatic nitrogens is 4. The molecule has 0 unspecified atom stereocenters. The van der Waals surface area contributed by atoms with Crippen LogP contribution in [0.25, 0.3) is 95.0 Å². The van der Waals surface area contributed by atoms with E-state index in [2.05, 4.69) is 261 Å². The fraction of sp³-hybridized carbons (Fsp3) is 0.176. The van der Waals surface area contributed by atoms with Crippen LogP contribution in [-0.2, 0) is 21.7 Å². The molecule has 2 aliphatic heterocycles. The van der Waals surface area contributed by atoms with Crippen LogP contribution in [0.5, 0.6) is 0 Å². The number of para-hydroxylation sites is 1. The van der Waals surface area contributed by atoms with E-state index in [9.17, 15) is 2.74 Å². The maximum atomic E-state index is 9.53. The smallest absolute Gasteiger partial charge is 0.252 e. The Labute approximate surface area is 585 Å². The lowest BCUT2D eigenvalue weighted by atomic mass is 9.33. The maximum Gasteiger partial charge on any atom is 0.252 e. The molecular weight excluding hydrogens is 1190 g/mol. The van der Waals surface area contributed by atoms with E-state index in [1.165, 1.54) is 27.5 Å². The van der Waals surface area contributed by atoms with Gasteiger partial charge in [0.2, 0.25) is 0 Å². The fourth-order valence-corrected chi connectivity index (χ4v) is 14.6. The number of rotatable bonds is 9.